The van der Waals surface area contributed by atoms with Crippen LogP contribution in [0.5, 0.6) is 0 Å². The maximum atomic E-state index is 12.0. The van der Waals surface area contributed by atoms with Crippen LogP contribution in [-0.2, 0) is 4.79 Å². The molecular formula is C22H32O5. The Hall–Kier alpha value is -1.01. The Kier molecular flexibility index (Phi) is 4.29. The highest BCUT2D eigenvalue weighted by Gasteiger charge is 2.68. The van der Waals surface area contributed by atoms with E-state index >= 15 is 0 Å². The van der Waals surface area contributed by atoms with Gasteiger partial charge in [-0.15, -0.1) is 0 Å². The first-order chi connectivity index (χ1) is 12.6. The number of carbonyl (C=O) groups is 1. The van der Waals surface area contributed by atoms with Crippen LogP contribution in [0, 0.1) is 34.5 Å². The minimum atomic E-state index is -1.38. The molecule has 5 nitrogen and oxygen atoms in total. The van der Waals surface area contributed by atoms with Gasteiger partial charge in [0.05, 0.1) is 18.3 Å². The summed E-state index contributed by atoms with van der Waals surface area (Å²) in [5, 5.41) is 42.5. The fourth-order valence-electron chi connectivity index (χ4n) is 7.49. The molecule has 0 amide bonds. The molecule has 3 fully saturated rings. The predicted molar refractivity (Wildman–Crippen MR) is 101 cm³/mol. The number of hydrogen-bond acceptors (Lipinski definition) is 5. The Balaban J connectivity index is 1.77. The SMILES string of the molecule is CC1CC2C(C(O)CC3(C)C2CCC3(O)C(O)CO)C2(C)C=CC(=O)C=C12. The van der Waals surface area contributed by atoms with Crippen molar-refractivity contribution in [1.82, 2.24) is 0 Å². The maximum absolute atomic E-state index is 12.0. The number of rotatable bonds is 2. The lowest BCUT2D eigenvalue weighted by molar-refractivity contribution is -0.205. The van der Waals surface area contributed by atoms with E-state index in [9.17, 15) is 25.2 Å². The molecule has 150 valence electrons. The van der Waals surface area contributed by atoms with Crippen LogP contribution in [0.15, 0.2) is 23.8 Å². The highest BCUT2D eigenvalue weighted by molar-refractivity contribution is 6.01. The van der Waals surface area contributed by atoms with E-state index in [1.165, 1.54) is 0 Å². The van der Waals surface area contributed by atoms with Gasteiger partial charge in [0.1, 0.15) is 6.10 Å². The van der Waals surface area contributed by atoms with Gasteiger partial charge < -0.3 is 20.4 Å². The molecule has 5 heteroatoms. The first-order valence-corrected chi connectivity index (χ1v) is 10.2. The molecule has 0 aromatic rings. The fourth-order valence-corrected chi connectivity index (χ4v) is 7.49. The van der Waals surface area contributed by atoms with Crippen LogP contribution in [0.1, 0.15) is 46.5 Å². The summed E-state index contributed by atoms with van der Waals surface area (Å²) in [6.45, 7) is 5.77. The second-order valence-corrected chi connectivity index (χ2v) is 9.90. The van der Waals surface area contributed by atoms with Gasteiger partial charge in [-0.3, -0.25) is 4.79 Å². The van der Waals surface area contributed by atoms with Crippen LogP contribution in [0.3, 0.4) is 0 Å². The molecule has 0 radical (unpaired) electrons. The number of carbonyl (C=O) groups excluding carboxylic acids is 1. The van der Waals surface area contributed by atoms with Crippen LogP contribution in [0.25, 0.3) is 0 Å². The van der Waals surface area contributed by atoms with Crippen LogP contribution >= 0.6 is 0 Å². The fraction of sp³-hybridized carbons (Fsp3) is 0.773. The van der Waals surface area contributed by atoms with Crippen molar-refractivity contribution in [2.75, 3.05) is 6.61 Å². The summed E-state index contributed by atoms with van der Waals surface area (Å²) >= 11 is 0. The number of ketones is 1. The lowest BCUT2D eigenvalue weighted by Crippen LogP contribution is -2.63. The van der Waals surface area contributed by atoms with E-state index in [-0.39, 0.29) is 34.9 Å². The van der Waals surface area contributed by atoms with Crippen molar-refractivity contribution in [3.8, 4) is 0 Å². The van der Waals surface area contributed by atoms with Crippen LogP contribution < -0.4 is 0 Å². The van der Waals surface area contributed by atoms with Gasteiger partial charge in [0.15, 0.2) is 5.78 Å². The van der Waals surface area contributed by atoms with Crippen LogP contribution in [0.2, 0.25) is 0 Å². The maximum Gasteiger partial charge on any atom is 0.178 e. The summed E-state index contributed by atoms with van der Waals surface area (Å²) < 4.78 is 0. The second kappa shape index (κ2) is 5.99. The summed E-state index contributed by atoms with van der Waals surface area (Å²) in [5.41, 5.74) is -1.26. The number of hydrogen-bond donors (Lipinski definition) is 4. The molecule has 4 aliphatic carbocycles. The third kappa shape index (κ3) is 2.35. The zero-order valence-corrected chi connectivity index (χ0v) is 16.4. The molecule has 9 atom stereocenters. The van der Waals surface area contributed by atoms with E-state index in [1.54, 1.807) is 12.2 Å². The van der Waals surface area contributed by atoms with Gasteiger partial charge in [0.25, 0.3) is 0 Å². The molecule has 4 rings (SSSR count). The molecule has 0 saturated heterocycles. The average Bonchev–Trinajstić information content (AvgIpc) is 2.87. The second-order valence-electron chi connectivity index (χ2n) is 9.90. The van der Waals surface area contributed by atoms with E-state index in [2.05, 4.69) is 13.8 Å². The van der Waals surface area contributed by atoms with Crippen molar-refractivity contribution < 1.29 is 25.2 Å². The van der Waals surface area contributed by atoms with Gasteiger partial charge in [-0.25, -0.2) is 0 Å². The number of fused-ring (bicyclic) bond motifs is 5. The van der Waals surface area contributed by atoms with Crippen molar-refractivity contribution in [3.63, 3.8) is 0 Å². The van der Waals surface area contributed by atoms with Gasteiger partial charge >= 0.3 is 0 Å². The average molecular weight is 376 g/mol. The number of aliphatic hydroxyl groups excluding tert-OH is 3. The van der Waals surface area contributed by atoms with E-state index in [1.807, 2.05) is 13.0 Å². The van der Waals surface area contributed by atoms with Gasteiger partial charge in [-0.2, -0.15) is 0 Å². The molecule has 9 unspecified atom stereocenters. The third-order valence-corrected chi connectivity index (χ3v) is 8.76. The Bertz CT molecular complexity index is 713. The summed E-state index contributed by atoms with van der Waals surface area (Å²) in [6.07, 6.45) is 6.01. The van der Waals surface area contributed by atoms with E-state index in [0.717, 1.165) is 18.4 Å². The minimum absolute atomic E-state index is 0.00371. The summed E-state index contributed by atoms with van der Waals surface area (Å²) in [5.74, 6) is 0.619. The Labute approximate surface area is 160 Å². The third-order valence-electron chi connectivity index (χ3n) is 8.76. The highest BCUT2D eigenvalue weighted by Crippen LogP contribution is 2.68. The molecule has 27 heavy (non-hydrogen) atoms. The molecule has 0 spiro atoms. The Morgan fingerprint density at radius 3 is 2.70 bits per heavy atom. The van der Waals surface area contributed by atoms with Crippen molar-refractivity contribution in [1.29, 1.82) is 0 Å². The van der Waals surface area contributed by atoms with Crippen LogP contribution in [-0.4, -0.2) is 50.6 Å². The molecule has 4 N–H and O–H groups in total. The standard InChI is InChI=1S/C22H32O5/c1-12-8-14-15-5-7-22(27,18(26)11-23)21(15,3)10-17(25)19(14)20(2)6-4-13(24)9-16(12)20/h4,6,9,12,14-15,17-19,23,25-27H,5,7-8,10-11H2,1-3H3. The number of aliphatic hydroxyl groups is 4. The molecule has 3 saturated carbocycles. The van der Waals surface area contributed by atoms with Crippen LogP contribution in [0.4, 0.5) is 0 Å². The zero-order chi connectivity index (χ0) is 19.8. The van der Waals surface area contributed by atoms with Gasteiger partial charge in [0, 0.05) is 16.7 Å². The molecule has 0 aliphatic heterocycles. The Morgan fingerprint density at radius 2 is 2.04 bits per heavy atom. The lowest BCUT2D eigenvalue weighted by Gasteiger charge is -2.61. The Morgan fingerprint density at radius 1 is 1.33 bits per heavy atom. The summed E-state index contributed by atoms with van der Waals surface area (Å²) in [7, 11) is 0. The highest BCUT2D eigenvalue weighted by atomic mass is 16.4. The summed E-state index contributed by atoms with van der Waals surface area (Å²) in [4.78, 5) is 12.0. The predicted octanol–water partition coefficient (Wildman–Crippen LogP) is 1.60. The van der Waals surface area contributed by atoms with Crippen molar-refractivity contribution in [3.05, 3.63) is 23.8 Å². The van der Waals surface area contributed by atoms with E-state index < -0.39 is 29.8 Å². The molecule has 0 aromatic carbocycles. The molecule has 4 aliphatic rings. The summed E-state index contributed by atoms with van der Waals surface area (Å²) in [6, 6.07) is 0. The largest absolute Gasteiger partial charge is 0.394 e. The van der Waals surface area contributed by atoms with Gasteiger partial charge in [0.2, 0.25) is 0 Å². The monoisotopic (exact) mass is 376 g/mol. The molecule has 0 heterocycles. The first-order valence-electron chi connectivity index (χ1n) is 10.2. The normalized spacial score (nSPS) is 52.6. The van der Waals surface area contributed by atoms with Crippen molar-refractivity contribution in [2.45, 2.75) is 64.3 Å². The lowest BCUT2D eigenvalue weighted by atomic mass is 9.44. The number of allylic oxidation sites excluding steroid dienone is 4. The quantitative estimate of drug-likeness (QED) is 0.587. The zero-order valence-electron chi connectivity index (χ0n) is 16.4. The van der Waals surface area contributed by atoms with E-state index in [4.69, 9.17) is 0 Å². The molecule has 0 bridgehead atoms. The molecule has 0 aromatic heterocycles. The van der Waals surface area contributed by atoms with Gasteiger partial charge in [-0.05, 0) is 55.6 Å². The first kappa shape index (κ1) is 19.3. The van der Waals surface area contributed by atoms with Crippen molar-refractivity contribution >= 4 is 5.78 Å². The molecular weight excluding hydrogens is 344 g/mol. The smallest absolute Gasteiger partial charge is 0.178 e. The minimum Gasteiger partial charge on any atom is -0.394 e. The van der Waals surface area contributed by atoms with Crippen molar-refractivity contribution in [2.24, 2.45) is 34.5 Å². The van der Waals surface area contributed by atoms with E-state index in [0.29, 0.717) is 12.8 Å². The topological polar surface area (TPSA) is 98.0 Å². The van der Waals surface area contributed by atoms with Gasteiger partial charge in [-0.1, -0.05) is 32.4 Å².